The van der Waals surface area contributed by atoms with E-state index in [-0.39, 0.29) is 19.8 Å². The molecule has 0 amide bonds. The zero-order valence-corrected chi connectivity index (χ0v) is 9.08. The van der Waals surface area contributed by atoms with Gasteiger partial charge in [0.25, 0.3) is 8.46 Å². The van der Waals surface area contributed by atoms with Gasteiger partial charge in [-0.3, -0.25) is 9.36 Å². The minimum atomic E-state index is -1.85. The first kappa shape index (κ1) is 13.4. The van der Waals surface area contributed by atoms with Crippen LogP contribution >= 0.6 is 8.46 Å². The minimum absolute atomic E-state index is 0.201. The van der Waals surface area contributed by atoms with E-state index in [9.17, 15) is 9.36 Å². The molecule has 6 nitrogen and oxygen atoms in total. The van der Waals surface area contributed by atoms with Crippen LogP contribution in [0.4, 0.5) is 0 Å². The second kappa shape index (κ2) is 6.84. The molecule has 2 N–H and O–H groups in total. The Balaban J connectivity index is 4.47. The molecule has 0 aromatic heterocycles. The normalized spacial score (nSPS) is 11.6. The van der Waals surface area contributed by atoms with Crippen LogP contribution in [0, 0.1) is 0 Å². The van der Waals surface area contributed by atoms with Gasteiger partial charge in [0.05, 0.1) is 19.8 Å². The van der Waals surface area contributed by atoms with Gasteiger partial charge in [-0.1, -0.05) is 0 Å². The summed E-state index contributed by atoms with van der Waals surface area (Å²) in [6.45, 7) is 3.40. The van der Waals surface area contributed by atoms with Gasteiger partial charge in [-0.2, -0.15) is 0 Å². The smallest absolute Gasteiger partial charge is 0.397 e. The Morgan fingerprint density at radius 1 is 1.36 bits per heavy atom. The number of hydrogen-bond acceptors (Lipinski definition) is 6. The number of ether oxygens (including phenoxy) is 3. The standard InChI is InChI=1S/C7H14NO5P/c1-3-11-7(14-10,12-4-2)13-6(9)5-8/h3-5,8H2,1-2H3. The first-order valence-corrected chi connectivity index (χ1v) is 4.99. The van der Waals surface area contributed by atoms with Gasteiger partial charge in [-0.15, -0.1) is 0 Å². The van der Waals surface area contributed by atoms with Gasteiger partial charge in [0.1, 0.15) is 0 Å². The van der Waals surface area contributed by atoms with Gasteiger partial charge in [0, 0.05) is 0 Å². The molecule has 0 aromatic carbocycles. The fourth-order valence-corrected chi connectivity index (χ4v) is 1.22. The van der Waals surface area contributed by atoms with E-state index in [1.54, 1.807) is 13.8 Å². The van der Waals surface area contributed by atoms with Crippen molar-refractivity contribution in [2.75, 3.05) is 19.8 Å². The average Bonchev–Trinajstić information content (AvgIpc) is 2.18. The fraction of sp³-hybridized carbons (Fsp3) is 0.857. The predicted octanol–water partition coefficient (Wildman–Crippen LogP) is 0.464. The van der Waals surface area contributed by atoms with Crippen LogP contribution in [-0.2, 0) is 23.6 Å². The van der Waals surface area contributed by atoms with Gasteiger partial charge in [0.15, 0.2) is 0 Å². The number of nitrogens with two attached hydrogens (primary N) is 1. The number of carbonyl (C=O) groups is 1. The van der Waals surface area contributed by atoms with Crippen molar-refractivity contribution in [3.63, 3.8) is 0 Å². The molecule has 0 saturated carbocycles. The quantitative estimate of drug-likeness (QED) is 0.383. The summed E-state index contributed by atoms with van der Waals surface area (Å²) in [4.78, 5) is 10.9. The highest BCUT2D eigenvalue weighted by Gasteiger charge is 2.37. The summed E-state index contributed by atoms with van der Waals surface area (Å²) in [5.74, 6) is -0.741. The Labute approximate surface area is 83.9 Å². The van der Waals surface area contributed by atoms with E-state index < -0.39 is 20.1 Å². The second-order valence-corrected chi connectivity index (χ2v) is 2.89. The van der Waals surface area contributed by atoms with Crippen molar-refractivity contribution < 1.29 is 23.6 Å². The first-order chi connectivity index (χ1) is 6.64. The van der Waals surface area contributed by atoms with E-state index >= 15 is 0 Å². The maximum absolute atomic E-state index is 10.9. The molecular formula is C7H14NO5P. The molecule has 14 heavy (non-hydrogen) atoms. The van der Waals surface area contributed by atoms with Crippen LogP contribution in [0.2, 0.25) is 0 Å². The maximum atomic E-state index is 10.9. The summed E-state index contributed by atoms with van der Waals surface area (Å²) in [7, 11) is -0.574. The van der Waals surface area contributed by atoms with E-state index in [0.717, 1.165) is 0 Å². The topological polar surface area (TPSA) is 87.8 Å². The molecule has 0 rings (SSSR count). The highest BCUT2D eigenvalue weighted by molar-refractivity contribution is 7.25. The molecule has 7 heteroatoms. The van der Waals surface area contributed by atoms with Crippen LogP contribution in [-0.4, -0.2) is 31.4 Å². The molecule has 0 aliphatic carbocycles. The number of esters is 1. The molecule has 0 bridgehead atoms. The van der Waals surface area contributed by atoms with E-state index in [1.165, 1.54) is 0 Å². The van der Waals surface area contributed by atoms with Crippen molar-refractivity contribution in [2.24, 2.45) is 5.73 Å². The third kappa shape index (κ3) is 4.11. The largest absolute Gasteiger partial charge is 0.415 e. The van der Waals surface area contributed by atoms with Gasteiger partial charge < -0.3 is 19.9 Å². The lowest BCUT2D eigenvalue weighted by molar-refractivity contribution is -0.302. The van der Waals surface area contributed by atoms with Crippen LogP contribution < -0.4 is 5.73 Å². The van der Waals surface area contributed by atoms with Crippen LogP contribution in [0.25, 0.3) is 0 Å². The molecule has 0 unspecified atom stereocenters. The summed E-state index contributed by atoms with van der Waals surface area (Å²) in [5, 5.41) is 0. The molecule has 0 fully saturated rings. The van der Waals surface area contributed by atoms with E-state index in [1.807, 2.05) is 0 Å². The Hall–Kier alpha value is -0.550. The first-order valence-electron chi connectivity index (χ1n) is 4.18. The highest BCUT2D eigenvalue weighted by Crippen LogP contribution is 2.28. The summed E-state index contributed by atoms with van der Waals surface area (Å²) in [5.41, 5.74) is 3.19. The Morgan fingerprint density at radius 3 is 2.14 bits per heavy atom. The summed E-state index contributed by atoms with van der Waals surface area (Å²) in [6.07, 6.45) is 0. The molecule has 0 aromatic rings. The Kier molecular flexibility index (Phi) is 6.57. The third-order valence-corrected chi connectivity index (χ3v) is 1.75. The monoisotopic (exact) mass is 223 g/mol. The predicted molar refractivity (Wildman–Crippen MR) is 48.7 cm³/mol. The number of rotatable bonds is 7. The van der Waals surface area contributed by atoms with Crippen LogP contribution in [0.15, 0.2) is 0 Å². The van der Waals surface area contributed by atoms with Crippen LogP contribution in [0.1, 0.15) is 13.8 Å². The summed E-state index contributed by atoms with van der Waals surface area (Å²) in [6, 6.07) is 0. The SMILES string of the molecule is CCOC(OCC)(OC(=O)CN)P=O. The summed E-state index contributed by atoms with van der Waals surface area (Å²) >= 11 is 0. The van der Waals surface area contributed by atoms with Crippen molar-refractivity contribution in [1.82, 2.24) is 0 Å². The molecule has 0 heterocycles. The Morgan fingerprint density at radius 2 is 1.86 bits per heavy atom. The number of hydrogen-bond donors (Lipinski definition) is 1. The van der Waals surface area contributed by atoms with Crippen molar-refractivity contribution in [1.29, 1.82) is 0 Å². The molecule has 0 radical (unpaired) electrons. The minimum Gasteiger partial charge on any atom is -0.397 e. The lowest BCUT2D eigenvalue weighted by Gasteiger charge is -2.24. The molecule has 82 valence electrons. The van der Waals surface area contributed by atoms with E-state index in [0.29, 0.717) is 0 Å². The van der Waals surface area contributed by atoms with Gasteiger partial charge in [-0.25, -0.2) is 0 Å². The van der Waals surface area contributed by atoms with E-state index in [4.69, 9.17) is 15.2 Å². The second-order valence-electron chi connectivity index (χ2n) is 2.16. The highest BCUT2D eigenvalue weighted by atomic mass is 31.1. The molecule has 0 saturated heterocycles. The lowest BCUT2D eigenvalue weighted by Crippen LogP contribution is -2.37. The Bertz CT molecular complexity index is 193. The third-order valence-electron chi connectivity index (χ3n) is 1.17. The zero-order chi connectivity index (χ0) is 11.0. The molecule has 0 aliphatic rings. The van der Waals surface area contributed by atoms with Crippen molar-refractivity contribution in [3.05, 3.63) is 0 Å². The fourth-order valence-electron chi connectivity index (χ4n) is 0.722. The summed E-state index contributed by atoms with van der Waals surface area (Å²) < 4.78 is 25.4. The van der Waals surface area contributed by atoms with Crippen LogP contribution in [0.3, 0.4) is 0 Å². The van der Waals surface area contributed by atoms with Crippen LogP contribution in [0.5, 0.6) is 0 Å². The maximum Gasteiger partial charge on any atom is 0.415 e. The molecule has 0 aliphatic heterocycles. The van der Waals surface area contributed by atoms with Crippen molar-refractivity contribution in [3.8, 4) is 0 Å². The van der Waals surface area contributed by atoms with Gasteiger partial charge in [0.2, 0.25) is 0 Å². The van der Waals surface area contributed by atoms with Gasteiger partial charge in [-0.05, 0) is 13.8 Å². The number of carbonyl (C=O) groups excluding carboxylic acids is 1. The van der Waals surface area contributed by atoms with Gasteiger partial charge >= 0.3 is 11.7 Å². The van der Waals surface area contributed by atoms with Crippen molar-refractivity contribution in [2.45, 2.75) is 19.6 Å². The zero-order valence-electron chi connectivity index (χ0n) is 8.19. The lowest BCUT2D eigenvalue weighted by atomic mass is 10.7. The van der Waals surface area contributed by atoms with E-state index in [2.05, 4.69) is 4.74 Å². The molecular weight excluding hydrogens is 209 g/mol. The average molecular weight is 223 g/mol. The van der Waals surface area contributed by atoms with Crippen molar-refractivity contribution >= 4 is 14.4 Å². The molecule has 0 spiro atoms. The molecule has 0 atom stereocenters.